The highest BCUT2D eigenvalue weighted by molar-refractivity contribution is 6.51. The molecule has 1 saturated heterocycles. The van der Waals surface area contributed by atoms with E-state index in [9.17, 15) is 14.7 Å². The SMILES string of the molecule is CCCOc1ccc(C(O)=C2C(=O)C(=O)N(c3ccccn3)[C@@H]2c2ccc(OC)cc2)cc1C. The van der Waals surface area contributed by atoms with Gasteiger partial charge in [0.05, 0.1) is 25.3 Å². The number of aliphatic hydroxyl groups is 1. The monoisotopic (exact) mass is 458 g/mol. The molecule has 1 atom stereocenters. The summed E-state index contributed by atoms with van der Waals surface area (Å²) in [6.45, 7) is 4.48. The fraction of sp³-hybridized carbons (Fsp3) is 0.222. The van der Waals surface area contributed by atoms with Crippen molar-refractivity contribution in [3.8, 4) is 11.5 Å². The molecule has 2 heterocycles. The van der Waals surface area contributed by atoms with Crippen LogP contribution < -0.4 is 14.4 Å². The number of hydrogen-bond donors (Lipinski definition) is 1. The van der Waals surface area contributed by atoms with E-state index in [2.05, 4.69) is 4.98 Å². The van der Waals surface area contributed by atoms with E-state index in [-0.39, 0.29) is 11.3 Å². The molecule has 1 aliphatic rings. The number of carbonyl (C=O) groups excluding carboxylic acids is 2. The van der Waals surface area contributed by atoms with Crippen molar-refractivity contribution in [3.63, 3.8) is 0 Å². The molecule has 0 bridgehead atoms. The van der Waals surface area contributed by atoms with Crippen molar-refractivity contribution in [1.29, 1.82) is 0 Å². The lowest BCUT2D eigenvalue weighted by Gasteiger charge is -2.24. The topological polar surface area (TPSA) is 89.0 Å². The molecule has 1 amide bonds. The van der Waals surface area contributed by atoms with Crippen molar-refractivity contribution in [2.75, 3.05) is 18.6 Å². The highest BCUT2D eigenvalue weighted by Crippen LogP contribution is 2.42. The number of pyridine rings is 1. The Morgan fingerprint density at radius 2 is 1.85 bits per heavy atom. The third-order valence-corrected chi connectivity index (χ3v) is 5.68. The second-order valence-corrected chi connectivity index (χ2v) is 7.96. The lowest BCUT2D eigenvalue weighted by Crippen LogP contribution is -2.30. The molecule has 0 spiro atoms. The molecule has 7 nitrogen and oxygen atoms in total. The summed E-state index contributed by atoms with van der Waals surface area (Å²) in [5.41, 5.74) is 1.89. The summed E-state index contributed by atoms with van der Waals surface area (Å²) in [6.07, 6.45) is 2.43. The zero-order chi connectivity index (χ0) is 24.2. The van der Waals surface area contributed by atoms with E-state index >= 15 is 0 Å². The van der Waals surface area contributed by atoms with E-state index in [0.29, 0.717) is 35.1 Å². The number of ketones is 1. The first kappa shape index (κ1) is 23.0. The van der Waals surface area contributed by atoms with Crippen LogP contribution in [0, 0.1) is 6.92 Å². The Morgan fingerprint density at radius 3 is 2.47 bits per heavy atom. The Hall–Kier alpha value is -4.13. The minimum Gasteiger partial charge on any atom is -0.507 e. The zero-order valence-electron chi connectivity index (χ0n) is 19.3. The molecule has 0 aliphatic carbocycles. The number of anilines is 1. The highest BCUT2D eigenvalue weighted by Gasteiger charge is 2.47. The van der Waals surface area contributed by atoms with Gasteiger partial charge in [-0.2, -0.15) is 0 Å². The van der Waals surface area contributed by atoms with Crippen molar-refractivity contribution in [3.05, 3.63) is 89.1 Å². The van der Waals surface area contributed by atoms with E-state index in [1.54, 1.807) is 74.0 Å². The Balaban J connectivity index is 1.86. The van der Waals surface area contributed by atoms with Crippen molar-refractivity contribution in [2.45, 2.75) is 26.3 Å². The average molecular weight is 459 g/mol. The number of hydrogen-bond acceptors (Lipinski definition) is 6. The van der Waals surface area contributed by atoms with Gasteiger partial charge in [0, 0.05) is 11.8 Å². The lowest BCUT2D eigenvalue weighted by atomic mass is 9.94. The molecule has 0 radical (unpaired) electrons. The summed E-state index contributed by atoms with van der Waals surface area (Å²) in [7, 11) is 1.56. The summed E-state index contributed by atoms with van der Waals surface area (Å²) in [4.78, 5) is 32.0. The van der Waals surface area contributed by atoms with Crippen LogP contribution in [0.15, 0.2) is 72.4 Å². The molecular weight excluding hydrogens is 432 g/mol. The smallest absolute Gasteiger partial charge is 0.301 e. The Kier molecular flexibility index (Phi) is 6.63. The molecule has 3 aromatic rings. The molecular formula is C27H26N2O5. The first-order valence-corrected chi connectivity index (χ1v) is 11.1. The van der Waals surface area contributed by atoms with Crippen LogP contribution in [0.1, 0.15) is 36.1 Å². The Bertz CT molecular complexity index is 1240. The van der Waals surface area contributed by atoms with Crippen LogP contribution in [-0.4, -0.2) is 35.5 Å². The summed E-state index contributed by atoms with van der Waals surface area (Å²) in [5, 5.41) is 11.3. The van der Waals surface area contributed by atoms with Gasteiger partial charge in [-0.3, -0.25) is 14.5 Å². The summed E-state index contributed by atoms with van der Waals surface area (Å²) in [6, 6.07) is 16.5. The maximum atomic E-state index is 13.2. The van der Waals surface area contributed by atoms with Crippen molar-refractivity contribution in [1.82, 2.24) is 4.98 Å². The fourth-order valence-corrected chi connectivity index (χ4v) is 3.99. The minimum atomic E-state index is -0.850. The van der Waals surface area contributed by atoms with Gasteiger partial charge in [0.1, 0.15) is 23.1 Å². The van der Waals surface area contributed by atoms with E-state index in [1.165, 1.54) is 4.90 Å². The summed E-state index contributed by atoms with van der Waals surface area (Å²) < 4.78 is 11.0. The molecule has 2 aromatic carbocycles. The number of aromatic nitrogens is 1. The molecule has 0 saturated carbocycles. The van der Waals surface area contributed by atoms with Crippen molar-refractivity contribution < 1.29 is 24.2 Å². The number of carbonyl (C=O) groups is 2. The van der Waals surface area contributed by atoms with Gasteiger partial charge in [-0.05, 0) is 66.9 Å². The zero-order valence-corrected chi connectivity index (χ0v) is 19.3. The van der Waals surface area contributed by atoms with Crippen LogP contribution in [0.25, 0.3) is 5.76 Å². The molecule has 34 heavy (non-hydrogen) atoms. The number of ether oxygens (including phenoxy) is 2. The molecule has 174 valence electrons. The predicted octanol–water partition coefficient (Wildman–Crippen LogP) is 4.81. The number of rotatable bonds is 7. The van der Waals surface area contributed by atoms with Gasteiger partial charge >= 0.3 is 5.91 Å². The molecule has 1 N–H and O–H groups in total. The number of Topliss-reactive ketones (excluding diaryl/α,β-unsaturated/α-hetero) is 1. The second-order valence-electron chi connectivity index (χ2n) is 7.96. The third kappa shape index (κ3) is 4.24. The van der Waals surface area contributed by atoms with Crippen molar-refractivity contribution in [2.24, 2.45) is 0 Å². The molecule has 1 aliphatic heterocycles. The minimum absolute atomic E-state index is 0.00227. The Labute approximate surface area is 198 Å². The maximum absolute atomic E-state index is 13.2. The first-order valence-electron chi connectivity index (χ1n) is 11.1. The van der Waals surface area contributed by atoms with E-state index < -0.39 is 17.7 Å². The van der Waals surface area contributed by atoms with Crippen LogP contribution >= 0.6 is 0 Å². The number of methoxy groups -OCH3 is 1. The average Bonchev–Trinajstić information content (AvgIpc) is 3.13. The maximum Gasteiger partial charge on any atom is 0.301 e. The second kappa shape index (κ2) is 9.79. The molecule has 4 rings (SSSR count). The summed E-state index contributed by atoms with van der Waals surface area (Å²) in [5.74, 6) is -0.101. The molecule has 1 aromatic heterocycles. The normalized spacial score (nSPS) is 17.1. The van der Waals surface area contributed by atoms with E-state index in [1.807, 2.05) is 13.8 Å². The number of nitrogens with zero attached hydrogens (tertiary/aromatic N) is 2. The van der Waals surface area contributed by atoms with E-state index in [4.69, 9.17) is 9.47 Å². The van der Waals surface area contributed by atoms with Gasteiger partial charge in [-0.1, -0.05) is 25.1 Å². The Morgan fingerprint density at radius 1 is 1.09 bits per heavy atom. The predicted molar refractivity (Wildman–Crippen MR) is 129 cm³/mol. The van der Waals surface area contributed by atoms with Crippen molar-refractivity contribution >= 4 is 23.3 Å². The van der Waals surface area contributed by atoms with Gasteiger partial charge in [-0.15, -0.1) is 0 Å². The van der Waals surface area contributed by atoms with Gasteiger partial charge in [0.2, 0.25) is 0 Å². The van der Waals surface area contributed by atoms with Crippen LogP contribution in [0.5, 0.6) is 11.5 Å². The summed E-state index contributed by atoms with van der Waals surface area (Å²) >= 11 is 0. The molecule has 7 heteroatoms. The number of amides is 1. The van der Waals surface area contributed by atoms with Gasteiger partial charge in [0.25, 0.3) is 5.78 Å². The van der Waals surface area contributed by atoms with Crippen LogP contribution in [0.2, 0.25) is 0 Å². The van der Waals surface area contributed by atoms with Gasteiger partial charge < -0.3 is 14.6 Å². The largest absolute Gasteiger partial charge is 0.507 e. The van der Waals surface area contributed by atoms with Crippen LogP contribution in [0.4, 0.5) is 5.82 Å². The number of aliphatic hydroxyl groups excluding tert-OH is 1. The molecule has 0 unspecified atom stereocenters. The first-order chi connectivity index (χ1) is 16.5. The highest BCUT2D eigenvalue weighted by atomic mass is 16.5. The van der Waals surface area contributed by atoms with Gasteiger partial charge in [0.15, 0.2) is 0 Å². The van der Waals surface area contributed by atoms with Gasteiger partial charge in [-0.25, -0.2) is 4.98 Å². The fourth-order valence-electron chi connectivity index (χ4n) is 3.99. The van der Waals surface area contributed by atoms with Crippen LogP contribution in [0.3, 0.4) is 0 Å². The number of aryl methyl sites for hydroxylation is 1. The quantitative estimate of drug-likeness (QED) is 0.310. The lowest BCUT2D eigenvalue weighted by molar-refractivity contribution is -0.132. The third-order valence-electron chi connectivity index (χ3n) is 5.68. The number of benzene rings is 2. The standard InChI is InChI=1S/C27H26N2O5/c1-4-15-34-21-13-10-19(16-17(21)2)25(30)23-24(18-8-11-20(33-3)12-9-18)29(27(32)26(23)31)22-7-5-6-14-28-22/h5-14,16,24,30H,4,15H2,1-3H3/t24-/m1/s1. The van der Waals surface area contributed by atoms with Crippen LogP contribution in [-0.2, 0) is 9.59 Å². The van der Waals surface area contributed by atoms with E-state index in [0.717, 1.165) is 12.0 Å². The molecule has 1 fully saturated rings.